The third-order valence-electron chi connectivity index (χ3n) is 8.59. The summed E-state index contributed by atoms with van der Waals surface area (Å²) in [6, 6.07) is 0. The minimum atomic E-state index is 0. The first-order chi connectivity index (χ1) is 15.3. The van der Waals surface area contributed by atoms with Crippen LogP contribution < -0.4 is 0 Å². The Balaban J connectivity index is 0. The van der Waals surface area contributed by atoms with Crippen molar-refractivity contribution >= 4 is 0 Å². The molecule has 0 aromatic rings. The van der Waals surface area contributed by atoms with E-state index in [1.807, 2.05) is 27.7 Å². The summed E-state index contributed by atoms with van der Waals surface area (Å²) < 4.78 is 0. The Labute approximate surface area is 212 Å². The Morgan fingerprint density at radius 2 is 1.70 bits per heavy atom. The molecule has 0 amide bonds. The Bertz CT molecular complexity index is 512. The van der Waals surface area contributed by atoms with Gasteiger partial charge < -0.3 is 0 Å². The van der Waals surface area contributed by atoms with Gasteiger partial charge in [0.25, 0.3) is 0 Å². The molecule has 0 saturated heterocycles. The Hall–Kier alpha value is -0.520. The van der Waals surface area contributed by atoms with E-state index in [1.54, 1.807) is 11.1 Å². The van der Waals surface area contributed by atoms with Crippen molar-refractivity contribution < 1.29 is 0 Å². The molecule has 2 rings (SSSR count). The highest BCUT2D eigenvalue weighted by atomic mass is 14.5. The lowest BCUT2D eigenvalue weighted by Crippen LogP contribution is -2.39. The second-order valence-corrected chi connectivity index (χ2v) is 11.0. The van der Waals surface area contributed by atoms with Gasteiger partial charge in [-0.05, 0) is 93.3 Å². The average Bonchev–Trinajstić information content (AvgIpc) is 2.91. The number of rotatable bonds is 9. The van der Waals surface area contributed by atoms with Crippen molar-refractivity contribution in [3.8, 4) is 0 Å². The molecule has 2 aliphatic carbocycles. The monoisotopic (exact) mass is 463 g/mol. The van der Waals surface area contributed by atoms with Gasteiger partial charge >= 0.3 is 0 Å². The van der Waals surface area contributed by atoms with Gasteiger partial charge in [0.2, 0.25) is 0 Å². The molecule has 6 atom stereocenters. The summed E-state index contributed by atoms with van der Waals surface area (Å²) in [6.07, 6.45) is 19.0. The molecule has 0 radical (unpaired) electrons. The maximum atomic E-state index is 4.57. The van der Waals surface area contributed by atoms with Gasteiger partial charge in [0.15, 0.2) is 0 Å². The summed E-state index contributed by atoms with van der Waals surface area (Å²) in [7, 11) is 0. The van der Waals surface area contributed by atoms with Gasteiger partial charge in [-0.2, -0.15) is 0 Å². The zero-order valence-corrected chi connectivity index (χ0v) is 24.2. The van der Waals surface area contributed by atoms with Crippen molar-refractivity contribution in [3.05, 3.63) is 23.8 Å². The minimum absolute atomic E-state index is 0. The van der Waals surface area contributed by atoms with Gasteiger partial charge in [0, 0.05) is 0 Å². The summed E-state index contributed by atoms with van der Waals surface area (Å²) in [5, 5.41) is 0. The van der Waals surface area contributed by atoms with Crippen LogP contribution in [0, 0.1) is 35.0 Å². The van der Waals surface area contributed by atoms with Crippen LogP contribution in [0.1, 0.15) is 154 Å². The zero-order valence-electron chi connectivity index (χ0n) is 24.2. The molecular weight excluding hydrogens is 396 g/mol. The van der Waals surface area contributed by atoms with Gasteiger partial charge in [-0.1, -0.05) is 119 Å². The maximum Gasteiger partial charge on any atom is -0.0149 e. The number of hydrogen-bond donors (Lipinski definition) is 0. The van der Waals surface area contributed by atoms with E-state index in [0.717, 1.165) is 29.6 Å². The summed E-state index contributed by atoms with van der Waals surface area (Å²) in [6.45, 7) is 27.2. The first-order valence-electron chi connectivity index (χ1n) is 14.6. The van der Waals surface area contributed by atoms with Crippen molar-refractivity contribution in [2.75, 3.05) is 0 Å². The van der Waals surface area contributed by atoms with Crippen molar-refractivity contribution in [2.24, 2.45) is 35.0 Å². The molecule has 0 nitrogen and oxygen atoms in total. The number of fused-ring (bicyclic) bond motifs is 1. The quantitative estimate of drug-likeness (QED) is 0.299. The van der Waals surface area contributed by atoms with Crippen LogP contribution in [0.25, 0.3) is 0 Å². The first kappa shape index (κ1) is 34.6. The van der Waals surface area contributed by atoms with Crippen LogP contribution in [0.4, 0.5) is 0 Å². The molecule has 6 unspecified atom stereocenters. The molecule has 33 heavy (non-hydrogen) atoms. The van der Waals surface area contributed by atoms with Gasteiger partial charge in [-0.15, -0.1) is 0 Å². The summed E-state index contributed by atoms with van der Waals surface area (Å²) in [5.41, 5.74) is 3.72. The van der Waals surface area contributed by atoms with Crippen LogP contribution in [0.3, 0.4) is 0 Å². The molecule has 0 heteroatoms. The second-order valence-electron chi connectivity index (χ2n) is 11.0. The Kier molecular flexibility index (Phi) is 19.7. The Morgan fingerprint density at radius 3 is 2.27 bits per heavy atom. The van der Waals surface area contributed by atoms with Crippen LogP contribution in [0.2, 0.25) is 0 Å². The SMILES string of the molecule is C.C=C(CCC)C1CCCC2CC(C/C=C(\C)CC(C)CCC)C(C)CCC21C.CC.CC. The molecule has 0 spiro atoms. The Morgan fingerprint density at radius 1 is 1.06 bits per heavy atom. The smallest absolute Gasteiger partial charge is 0.0149 e. The predicted molar refractivity (Wildman–Crippen MR) is 156 cm³/mol. The molecule has 2 fully saturated rings. The fourth-order valence-corrected chi connectivity index (χ4v) is 6.72. The lowest BCUT2D eigenvalue weighted by atomic mass is 9.56. The van der Waals surface area contributed by atoms with E-state index in [9.17, 15) is 0 Å². The highest BCUT2D eigenvalue weighted by Gasteiger charge is 2.47. The van der Waals surface area contributed by atoms with E-state index < -0.39 is 0 Å². The van der Waals surface area contributed by atoms with E-state index >= 15 is 0 Å². The van der Waals surface area contributed by atoms with Gasteiger partial charge in [-0.25, -0.2) is 0 Å². The van der Waals surface area contributed by atoms with Gasteiger partial charge in [0.1, 0.15) is 0 Å². The van der Waals surface area contributed by atoms with E-state index in [4.69, 9.17) is 0 Å². The van der Waals surface area contributed by atoms with Crippen molar-refractivity contribution in [1.29, 1.82) is 0 Å². The van der Waals surface area contributed by atoms with E-state index in [-0.39, 0.29) is 7.43 Å². The molecule has 2 aliphatic rings. The molecule has 0 aromatic carbocycles. The third kappa shape index (κ3) is 10.7. The van der Waals surface area contributed by atoms with Crippen molar-refractivity contribution in [1.82, 2.24) is 0 Å². The predicted octanol–water partition coefficient (Wildman–Crippen LogP) is 12.1. The number of hydrogen-bond acceptors (Lipinski definition) is 0. The first-order valence-corrected chi connectivity index (χ1v) is 14.6. The van der Waals surface area contributed by atoms with Gasteiger partial charge in [0.05, 0.1) is 0 Å². The molecule has 0 heterocycles. The third-order valence-corrected chi connectivity index (χ3v) is 8.59. The summed E-state index contributed by atoms with van der Waals surface area (Å²) in [4.78, 5) is 0. The zero-order chi connectivity index (χ0) is 24.7. The van der Waals surface area contributed by atoms with Crippen LogP contribution in [-0.4, -0.2) is 0 Å². The largest absolute Gasteiger partial charge is 0.0996 e. The fraction of sp³-hybridized carbons (Fsp3) is 0.879. The molecule has 198 valence electrons. The topological polar surface area (TPSA) is 0 Å². The highest BCUT2D eigenvalue weighted by molar-refractivity contribution is 5.11. The lowest BCUT2D eigenvalue weighted by Gasteiger charge is -2.48. The molecular formula is C33H66. The average molecular weight is 463 g/mol. The van der Waals surface area contributed by atoms with Crippen molar-refractivity contribution in [2.45, 2.75) is 154 Å². The van der Waals surface area contributed by atoms with E-state index in [1.165, 1.54) is 77.0 Å². The van der Waals surface area contributed by atoms with Crippen LogP contribution in [-0.2, 0) is 0 Å². The van der Waals surface area contributed by atoms with E-state index in [2.05, 4.69) is 54.2 Å². The van der Waals surface area contributed by atoms with Gasteiger partial charge in [-0.3, -0.25) is 0 Å². The molecule has 0 aromatic heterocycles. The molecule has 2 saturated carbocycles. The molecule has 0 N–H and O–H groups in total. The maximum absolute atomic E-state index is 4.57. The van der Waals surface area contributed by atoms with E-state index in [0.29, 0.717) is 5.41 Å². The summed E-state index contributed by atoms with van der Waals surface area (Å²) in [5.74, 6) is 4.31. The van der Waals surface area contributed by atoms with Crippen LogP contribution in [0.15, 0.2) is 23.8 Å². The summed E-state index contributed by atoms with van der Waals surface area (Å²) >= 11 is 0. The molecule has 0 aliphatic heterocycles. The normalized spacial score (nSPS) is 30.2. The molecule has 0 bridgehead atoms. The highest BCUT2D eigenvalue weighted by Crippen LogP contribution is 2.56. The number of allylic oxidation sites excluding steroid dienone is 3. The standard InChI is InChI=1S/C28H50.2C2H6.CH4/c1-8-11-21(3)19-22(4)15-16-25-20-26-13-10-14-27(24(6)12-9-2)28(26,7)18-17-23(25)5;2*1-2;/h15,21,23,25-27H,6,8-14,16-20H2,1-5,7H3;2*1-2H3;1H4/b22-15+;;;. The fourth-order valence-electron chi connectivity index (χ4n) is 6.72. The van der Waals surface area contributed by atoms with Crippen LogP contribution >= 0.6 is 0 Å². The second kappa shape index (κ2) is 18.8. The van der Waals surface area contributed by atoms with Crippen molar-refractivity contribution in [3.63, 3.8) is 0 Å². The minimum Gasteiger partial charge on any atom is -0.0996 e. The van der Waals surface area contributed by atoms with Crippen LogP contribution in [0.5, 0.6) is 0 Å². The lowest BCUT2D eigenvalue weighted by molar-refractivity contribution is 0.0468.